The molecule has 0 spiro atoms. The Morgan fingerprint density at radius 3 is 3.00 bits per heavy atom. The second-order valence-electron chi connectivity index (χ2n) is 4.68. The van der Waals surface area contributed by atoms with Gasteiger partial charge in [-0.2, -0.15) is 0 Å². The highest BCUT2D eigenvalue weighted by Crippen LogP contribution is 2.09. The minimum Gasteiger partial charge on any atom is -0.368 e. The molecule has 19 heavy (non-hydrogen) atoms. The smallest absolute Gasteiger partial charge is 0.131 e. The Morgan fingerprint density at radius 1 is 1.47 bits per heavy atom. The number of anilines is 2. The monoisotopic (exact) mass is 262 g/mol. The molecule has 1 aromatic rings. The van der Waals surface area contributed by atoms with Gasteiger partial charge in [0.05, 0.1) is 0 Å². The number of hydrogen-bond donors (Lipinski definition) is 3. The molecule has 0 aliphatic carbocycles. The van der Waals surface area contributed by atoms with E-state index >= 15 is 0 Å². The summed E-state index contributed by atoms with van der Waals surface area (Å²) in [5.41, 5.74) is 0. The third-order valence-electron chi connectivity index (χ3n) is 3.26. The van der Waals surface area contributed by atoms with Crippen LogP contribution in [0.4, 0.5) is 11.6 Å². The summed E-state index contributed by atoms with van der Waals surface area (Å²) in [5, 5.41) is 9.92. The molecule has 0 bridgehead atoms. The van der Waals surface area contributed by atoms with E-state index in [0.717, 1.165) is 37.8 Å². The summed E-state index contributed by atoms with van der Waals surface area (Å²) in [6, 6.07) is 2.41. The number of nitrogens with one attached hydrogen (secondary N) is 3. The normalized spacial score (nSPS) is 19.9. The summed E-state index contributed by atoms with van der Waals surface area (Å²) in [4.78, 5) is 10.7. The van der Waals surface area contributed by atoms with Crippen LogP contribution in [0.25, 0.3) is 0 Å². The van der Waals surface area contributed by atoms with E-state index in [0.29, 0.717) is 12.6 Å². The fourth-order valence-corrected chi connectivity index (χ4v) is 2.04. The maximum Gasteiger partial charge on any atom is 0.131 e. The fraction of sp³-hybridized carbons (Fsp3) is 0.538. The predicted octanol–water partition coefficient (Wildman–Crippen LogP) is 0.390. The van der Waals surface area contributed by atoms with E-state index in [-0.39, 0.29) is 0 Å². The maximum atomic E-state index is 4.23. The van der Waals surface area contributed by atoms with Gasteiger partial charge in [0.1, 0.15) is 18.0 Å². The zero-order valence-corrected chi connectivity index (χ0v) is 11.4. The molecule has 1 saturated heterocycles. The van der Waals surface area contributed by atoms with Crippen LogP contribution in [0.2, 0.25) is 0 Å². The Morgan fingerprint density at radius 2 is 2.26 bits per heavy atom. The number of rotatable bonds is 6. The molecular formula is C13H22N6. The molecule has 0 amide bonds. The molecule has 1 aliphatic heterocycles. The SMILES string of the molecule is C=CCNc1cc(NCC2CNCCN2C)ncn1. The highest BCUT2D eigenvalue weighted by atomic mass is 15.2. The van der Waals surface area contributed by atoms with Gasteiger partial charge >= 0.3 is 0 Å². The van der Waals surface area contributed by atoms with Crippen LogP contribution in [0, 0.1) is 0 Å². The van der Waals surface area contributed by atoms with Crippen molar-refractivity contribution >= 4 is 11.6 Å². The first kappa shape index (κ1) is 13.8. The van der Waals surface area contributed by atoms with E-state index in [1.165, 1.54) is 0 Å². The Balaban J connectivity index is 1.86. The molecule has 2 heterocycles. The number of nitrogens with zero attached hydrogens (tertiary/aromatic N) is 3. The molecule has 3 N–H and O–H groups in total. The van der Waals surface area contributed by atoms with E-state index in [1.807, 2.05) is 6.07 Å². The van der Waals surface area contributed by atoms with Crippen molar-refractivity contribution in [1.82, 2.24) is 20.2 Å². The molecule has 1 aliphatic rings. The Labute approximate surface area is 114 Å². The summed E-state index contributed by atoms with van der Waals surface area (Å²) >= 11 is 0. The van der Waals surface area contributed by atoms with E-state index in [1.54, 1.807) is 12.4 Å². The van der Waals surface area contributed by atoms with Gasteiger partial charge < -0.3 is 16.0 Å². The largest absolute Gasteiger partial charge is 0.368 e. The van der Waals surface area contributed by atoms with Crippen molar-refractivity contribution < 1.29 is 0 Å². The first-order chi connectivity index (χ1) is 9.29. The second kappa shape index (κ2) is 7.06. The topological polar surface area (TPSA) is 65.1 Å². The Bertz CT molecular complexity index is 408. The van der Waals surface area contributed by atoms with Crippen molar-refractivity contribution in [3.8, 4) is 0 Å². The summed E-state index contributed by atoms with van der Waals surface area (Å²) in [6.45, 7) is 8.41. The van der Waals surface area contributed by atoms with Crippen molar-refractivity contribution in [2.75, 3.05) is 50.4 Å². The number of piperazine rings is 1. The first-order valence-corrected chi connectivity index (χ1v) is 6.61. The fourth-order valence-electron chi connectivity index (χ4n) is 2.04. The minimum absolute atomic E-state index is 0.494. The van der Waals surface area contributed by atoms with Crippen molar-refractivity contribution in [3.63, 3.8) is 0 Å². The zero-order valence-electron chi connectivity index (χ0n) is 11.4. The molecule has 1 fully saturated rings. The predicted molar refractivity (Wildman–Crippen MR) is 78.5 cm³/mol. The van der Waals surface area contributed by atoms with Crippen LogP contribution >= 0.6 is 0 Å². The maximum absolute atomic E-state index is 4.23. The molecule has 2 rings (SSSR count). The summed E-state index contributed by atoms with van der Waals surface area (Å²) in [6.07, 6.45) is 3.37. The van der Waals surface area contributed by atoms with Gasteiger partial charge in [0.2, 0.25) is 0 Å². The lowest BCUT2D eigenvalue weighted by molar-refractivity contribution is 0.209. The first-order valence-electron chi connectivity index (χ1n) is 6.61. The third kappa shape index (κ3) is 4.18. The van der Waals surface area contributed by atoms with E-state index in [4.69, 9.17) is 0 Å². The molecule has 1 unspecified atom stereocenters. The summed E-state index contributed by atoms with van der Waals surface area (Å²) < 4.78 is 0. The van der Waals surface area contributed by atoms with Crippen LogP contribution < -0.4 is 16.0 Å². The molecule has 0 radical (unpaired) electrons. The quantitative estimate of drug-likeness (QED) is 0.645. The highest BCUT2D eigenvalue weighted by Gasteiger charge is 2.17. The lowest BCUT2D eigenvalue weighted by Gasteiger charge is -2.33. The van der Waals surface area contributed by atoms with Gasteiger partial charge in [-0.05, 0) is 7.05 Å². The standard InChI is InChI=1S/C13H22N6/c1-3-4-15-12-7-13(18-10-17-12)16-9-11-8-14-5-6-19(11)2/h3,7,10-11,14H,1,4-6,8-9H2,2H3,(H2,15,16,17,18). The minimum atomic E-state index is 0.494. The van der Waals surface area contributed by atoms with Crippen LogP contribution in [0.15, 0.2) is 25.0 Å². The van der Waals surface area contributed by atoms with Crippen LogP contribution in [0.5, 0.6) is 0 Å². The molecule has 1 atom stereocenters. The van der Waals surface area contributed by atoms with Crippen molar-refractivity contribution in [1.29, 1.82) is 0 Å². The molecule has 0 saturated carbocycles. The molecule has 6 heteroatoms. The number of likely N-dealkylation sites (N-methyl/N-ethyl adjacent to an activating group) is 1. The van der Waals surface area contributed by atoms with Crippen LogP contribution in [0.3, 0.4) is 0 Å². The average molecular weight is 262 g/mol. The molecule has 104 valence electrons. The average Bonchev–Trinajstić information content (AvgIpc) is 2.45. The lowest BCUT2D eigenvalue weighted by atomic mass is 10.2. The van der Waals surface area contributed by atoms with Gasteiger partial charge in [0.25, 0.3) is 0 Å². The van der Waals surface area contributed by atoms with Crippen LogP contribution in [-0.2, 0) is 0 Å². The van der Waals surface area contributed by atoms with Crippen molar-refractivity contribution in [3.05, 3.63) is 25.0 Å². The molecule has 1 aromatic heterocycles. The molecule has 6 nitrogen and oxygen atoms in total. The van der Waals surface area contributed by atoms with E-state index in [2.05, 4.69) is 44.4 Å². The van der Waals surface area contributed by atoms with Gasteiger partial charge in [-0.3, -0.25) is 4.90 Å². The van der Waals surface area contributed by atoms with Crippen LogP contribution in [-0.4, -0.2) is 60.7 Å². The zero-order chi connectivity index (χ0) is 13.5. The highest BCUT2D eigenvalue weighted by molar-refractivity contribution is 5.46. The summed E-state index contributed by atoms with van der Waals surface area (Å²) in [5.74, 6) is 1.66. The molecule has 0 aromatic carbocycles. The van der Waals surface area contributed by atoms with E-state index < -0.39 is 0 Å². The number of hydrogen-bond acceptors (Lipinski definition) is 6. The van der Waals surface area contributed by atoms with Crippen molar-refractivity contribution in [2.24, 2.45) is 0 Å². The van der Waals surface area contributed by atoms with Gasteiger partial charge in [-0.1, -0.05) is 6.08 Å². The van der Waals surface area contributed by atoms with Gasteiger partial charge in [-0.25, -0.2) is 9.97 Å². The lowest BCUT2D eigenvalue weighted by Crippen LogP contribution is -2.52. The van der Waals surface area contributed by atoms with Gasteiger partial charge in [-0.15, -0.1) is 6.58 Å². The van der Waals surface area contributed by atoms with Crippen molar-refractivity contribution in [2.45, 2.75) is 6.04 Å². The second-order valence-corrected chi connectivity index (χ2v) is 4.68. The molecular weight excluding hydrogens is 240 g/mol. The van der Waals surface area contributed by atoms with E-state index in [9.17, 15) is 0 Å². The Kier molecular flexibility index (Phi) is 5.11. The van der Waals surface area contributed by atoms with Gasteiger partial charge in [0.15, 0.2) is 0 Å². The third-order valence-corrected chi connectivity index (χ3v) is 3.26. The summed E-state index contributed by atoms with van der Waals surface area (Å²) in [7, 11) is 2.16. The van der Waals surface area contributed by atoms with Gasteiger partial charge in [0, 0.05) is 44.8 Å². The van der Waals surface area contributed by atoms with Crippen LogP contribution in [0.1, 0.15) is 0 Å². The Hall–Kier alpha value is -1.66. The number of aromatic nitrogens is 2.